The second-order valence-electron chi connectivity index (χ2n) is 5.92. The van der Waals surface area contributed by atoms with Gasteiger partial charge in [0.1, 0.15) is 5.15 Å². The van der Waals surface area contributed by atoms with Gasteiger partial charge in [0.05, 0.1) is 30.5 Å². The maximum absolute atomic E-state index is 12.7. The third-order valence-electron chi connectivity index (χ3n) is 4.01. The third-order valence-corrected chi connectivity index (χ3v) is 4.39. The average Bonchev–Trinajstić information content (AvgIpc) is 2.95. The predicted molar refractivity (Wildman–Crippen MR) is 103 cm³/mol. The largest absolute Gasteiger partial charge is 0.465 e. The lowest BCUT2D eigenvalue weighted by atomic mass is 10.2. The highest BCUT2D eigenvalue weighted by Gasteiger charge is 2.21. The summed E-state index contributed by atoms with van der Waals surface area (Å²) in [6.45, 7) is 2.19. The fourth-order valence-electron chi connectivity index (χ4n) is 2.71. The van der Waals surface area contributed by atoms with Crippen molar-refractivity contribution >= 4 is 29.2 Å². The van der Waals surface area contributed by atoms with Crippen LogP contribution in [-0.2, 0) is 11.3 Å². The molecule has 1 aromatic heterocycles. The van der Waals surface area contributed by atoms with Gasteiger partial charge in [-0.2, -0.15) is 5.10 Å². The minimum absolute atomic E-state index is 0.262. The van der Waals surface area contributed by atoms with Gasteiger partial charge in [0, 0.05) is 5.69 Å². The molecular weight excluding hydrogens is 366 g/mol. The fourth-order valence-corrected chi connectivity index (χ4v) is 3.03. The Kier molecular flexibility index (Phi) is 5.57. The number of nitrogens with zero attached hydrogens (tertiary/aromatic N) is 2. The summed E-state index contributed by atoms with van der Waals surface area (Å²) in [7, 11) is 1.30. The molecule has 27 heavy (non-hydrogen) atoms. The highest BCUT2D eigenvalue weighted by Crippen LogP contribution is 2.23. The minimum atomic E-state index is -0.476. The molecule has 0 aliphatic carbocycles. The first-order valence-corrected chi connectivity index (χ1v) is 8.64. The number of benzene rings is 2. The molecule has 138 valence electrons. The summed E-state index contributed by atoms with van der Waals surface area (Å²) in [5.41, 5.74) is 2.67. The van der Waals surface area contributed by atoms with Crippen LogP contribution in [0.2, 0.25) is 5.15 Å². The van der Waals surface area contributed by atoms with Crippen LogP contribution in [0.25, 0.3) is 0 Å². The van der Waals surface area contributed by atoms with Crippen LogP contribution in [0.3, 0.4) is 0 Å². The van der Waals surface area contributed by atoms with Crippen molar-refractivity contribution in [1.29, 1.82) is 0 Å². The van der Waals surface area contributed by atoms with E-state index in [1.807, 2.05) is 30.3 Å². The van der Waals surface area contributed by atoms with Crippen molar-refractivity contribution < 1.29 is 14.3 Å². The summed E-state index contributed by atoms with van der Waals surface area (Å²) in [4.78, 5) is 24.3. The van der Waals surface area contributed by atoms with Gasteiger partial charge in [-0.3, -0.25) is 4.79 Å². The molecule has 7 heteroatoms. The van der Waals surface area contributed by atoms with Gasteiger partial charge in [-0.05, 0) is 30.7 Å². The van der Waals surface area contributed by atoms with Gasteiger partial charge in [-0.25, -0.2) is 9.48 Å². The van der Waals surface area contributed by atoms with Gasteiger partial charge in [0.15, 0.2) is 0 Å². The van der Waals surface area contributed by atoms with E-state index in [9.17, 15) is 9.59 Å². The highest BCUT2D eigenvalue weighted by atomic mass is 35.5. The lowest BCUT2D eigenvalue weighted by Crippen LogP contribution is -2.14. The van der Waals surface area contributed by atoms with Crippen molar-refractivity contribution in [3.05, 3.63) is 82.1 Å². The van der Waals surface area contributed by atoms with Crippen molar-refractivity contribution in [3.8, 4) is 0 Å². The van der Waals surface area contributed by atoms with Crippen molar-refractivity contribution in [2.75, 3.05) is 12.4 Å². The lowest BCUT2D eigenvalue weighted by Gasteiger charge is -2.07. The number of esters is 1. The summed E-state index contributed by atoms with van der Waals surface area (Å²) >= 11 is 6.41. The van der Waals surface area contributed by atoms with Gasteiger partial charge in [0.25, 0.3) is 5.91 Å². The van der Waals surface area contributed by atoms with Crippen LogP contribution >= 0.6 is 11.6 Å². The molecule has 0 radical (unpaired) electrons. The number of ether oxygens (including phenoxy) is 1. The van der Waals surface area contributed by atoms with Crippen molar-refractivity contribution in [2.45, 2.75) is 13.5 Å². The van der Waals surface area contributed by atoms with Crippen LogP contribution in [0.5, 0.6) is 0 Å². The molecule has 0 fully saturated rings. The Bertz CT molecular complexity index is 983. The molecule has 0 bridgehead atoms. The van der Waals surface area contributed by atoms with E-state index in [1.54, 1.807) is 35.9 Å². The van der Waals surface area contributed by atoms with Crippen LogP contribution in [0.1, 0.15) is 32.0 Å². The van der Waals surface area contributed by atoms with E-state index < -0.39 is 5.97 Å². The molecule has 1 amide bonds. The number of methoxy groups -OCH3 is 1. The molecule has 2 aromatic carbocycles. The number of carbonyl (C=O) groups excluding carboxylic acids is 2. The van der Waals surface area contributed by atoms with E-state index in [4.69, 9.17) is 16.3 Å². The zero-order valence-corrected chi connectivity index (χ0v) is 15.7. The zero-order valence-electron chi connectivity index (χ0n) is 14.9. The lowest BCUT2D eigenvalue weighted by molar-refractivity contribution is 0.0600. The molecule has 0 aliphatic rings. The maximum Gasteiger partial charge on any atom is 0.337 e. The Morgan fingerprint density at radius 1 is 1.15 bits per heavy atom. The SMILES string of the molecule is COC(=O)c1cccc(NC(=O)c2c(C)nn(Cc3ccccc3)c2Cl)c1. The summed E-state index contributed by atoms with van der Waals surface area (Å²) in [5.74, 6) is -0.866. The number of rotatable bonds is 5. The number of hydrogen-bond donors (Lipinski definition) is 1. The molecule has 0 saturated heterocycles. The standard InChI is InChI=1S/C20H18ClN3O3/c1-13-17(18(21)24(23-13)12-14-7-4-3-5-8-14)19(25)22-16-10-6-9-15(11-16)20(26)27-2/h3-11H,12H2,1-2H3,(H,22,25). The fraction of sp³-hybridized carbons (Fsp3) is 0.150. The van der Waals surface area contributed by atoms with E-state index >= 15 is 0 Å². The summed E-state index contributed by atoms with van der Waals surface area (Å²) in [6.07, 6.45) is 0. The molecule has 1 N–H and O–H groups in total. The van der Waals surface area contributed by atoms with Gasteiger partial charge < -0.3 is 10.1 Å². The summed E-state index contributed by atoms with van der Waals surface area (Å²) in [5, 5.41) is 7.39. The van der Waals surface area contributed by atoms with Crippen LogP contribution < -0.4 is 5.32 Å². The third kappa shape index (κ3) is 4.17. The Morgan fingerprint density at radius 2 is 1.89 bits per heavy atom. The Morgan fingerprint density at radius 3 is 2.59 bits per heavy atom. The number of amides is 1. The smallest absolute Gasteiger partial charge is 0.337 e. The molecule has 6 nitrogen and oxygen atoms in total. The molecule has 0 atom stereocenters. The number of aromatic nitrogens is 2. The van der Waals surface area contributed by atoms with Crippen molar-refractivity contribution in [2.24, 2.45) is 0 Å². The van der Waals surface area contributed by atoms with Gasteiger partial charge in [-0.1, -0.05) is 48.0 Å². The minimum Gasteiger partial charge on any atom is -0.465 e. The summed E-state index contributed by atoms with van der Waals surface area (Å²) in [6, 6.07) is 16.2. The molecule has 0 unspecified atom stereocenters. The van der Waals surface area contributed by atoms with E-state index in [1.165, 1.54) is 7.11 Å². The number of carbonyl (C=O) groups is 2. The molecule has 0 saturated carbocycles. The van der Waals surface area contributed by atoms with E-state index in [0.29, 0.717) is 29.1 Å². The van der Waals surface area contributed by atoms with Crippen LogP contribution in [-0.4, -0.2) is 28.8 Å². The normalized spacial score (nSPS) is 10.5. The van der Waals surface area contributed by atoms with E-state index in [-0.39, 0.29) is 11.1 Å². The van der Waals surface area contributed by atoms with Crippen LogP contribution in [0.4, 0.5) is 5.69 Å². The molecule has 1 heterocycles. The molecule has 0 aliphatic heterocycles. The van der Waals surface area contributed by atoms with E-state index in [2.05, 4.69) is 10.4 Å². The Hall–Kier alpha value is -3.12. The second-order valence-corrected chi connectivity index (χ2v) is 6.28. The van der Waals surface area contributed by atoms with Gasteiger partial charge >= 0.3 is 5.97 Å². The molecule has 3 rings (SSSR count). The summed E-state index contributed by atoms with van der Waals surface area (Å²) < 4.78 is 6.28. The quantitative estimate of drug-likeness (QED) is 0.677. The number of anilines is 1. The first kappa shape index (κ1) is 18.7. The monoisotopic (exact) mass is 383 g/mol. The molecule has 0 spiro atoms. The topological polar surface area (TPSA) is 73.2 Å². The molecular formula is C20H18ClN3O3. The van der Waals surface area contributed by atoms with Crippen molar-refractivity contribution in [1.82, 2.24) is 9.78 Å². The first-order chi connectivity index (χ1) is 13.0. The van der Waals surface area contributed by atoms with Gasteiger partial charge in [-0.15, -0.1) is 0 Å². The predicted octanol–water partition coefficient (Wildman–Crippen LogP) is 3.93. The number of halogens is 1. The van der Waals surface area contributed by atoms with E-state index in [0.717, 1.165) is 5.56 Å². The van der Waals surface area contributed by atoms with Crippen molar-refractivity contribution in [3.63, 3.8) is 0 Å². The number of nitrogens with one attached hydrogen (secondary N) is 1. The van der Waals surface area contributed by atoms with Crippen LogP contribution in [0.15, 0.2) is 54.6 Å². The maximum atomic E-state index is 12.7. The second kappa shape index (κ2) is 8.05. The van der Waals surface area contributed by atoms with Crippen LogP contribution in [0, 0.1) is 6.92 Å². The molecule has 3 aromatic rings. The highest BCUT2D eigenvalue weighted by molar-refractivity contribution is 6.33. The zero-order chi connectivity index (χ0) is 19.4. The first-order valence-electron chi connectivity index (χ1n) is 8.26. The Labute approximate surface area is 161 Å². The average molecular weight is 384 g/mol. The number of aryl methyl sites for hydroxylation is 1. The Balaban J connectivity index is 1.82. The number of hydrogen-bond acceptors (Lipinski definition) is 4. The van der Waals surface area contributed by atoms with Gasteiger partial charge in [0.2, 0.25) is 0 Å².